The van der Waals surface area contributed by atoms with Gasteiger partial charge in [0.25, 0.3) is 0 Å². The summed E-state index contributed by atoms with van der Waals surface area (Å²) in [6.45, 7) is 0. The van der Waals surface area contributed by atoms with Gasteiger partial charge in [0.1, 0.15) is 17.5 Å². The molecule has 0 fully saturated rings. The maximum absolute atomic E-state index is 13.4. The van der Waals surface area contributed by atoms with Crippen LogP contribution in [0.4, 0.5) is 14.6 Å². The molecular formula is C19H16F2N2. The molecule has 0 radical (unpaired) electrons. The highest BCUT2D eigenvalue weighted by Crippen LogP contribution is 2.19. The molecule has 3 rings (SSSR count). The van der Waals surface area contributed by atoms with Crippen LogP contribution in [0.1, 0.15) is 22.4 Å². The molecule has 0 atom stereocenters. The highest BCUT2D eigenvalue weighted by molar-refractivity contribution is 5.39. The van der Waals surface area contributed by atoms with E-state index in [0.717, 1.165) is 22.4 Å². The molecule has 1 heterocycles. The summed E-state index contributed by atoms with van der Waals surface area (Å²) < 4.78 is 26.7. The molecule has 0 saturated heterocycles. The molecule has 0 unspecified atom stereocenters. The predicted molar refractivity (Wildman–Crippen MR) is 87.1 cm³/mol. The number of nitrogen functional groups attached to an aromatic ring is 1. The second-order valence-electron chi connectivity index (χ2n) is 5.46. The Morgan fingerprint density at radius 2 is 1.39 bits per heavy atom. The summed E-state index contributed by atoms with van der Waals surface area (Å²) in [5, 5.41) is 0. The minimum Gasteiger partial charge on any atom is -0.384 e. The lowest BCUT2D eigenvalue weighted by Crippen LogP contribution is -2.03. The molecule has 3 aromatic rings. The number of pyridine rings is 1. The van der Waals surface area contributed by atoms with Crippen molar-refractivity contribution < 1.29 is 8.78 Å². The van der Waals surface area contributed by atoms with E-state index in [4.69, 9.17) is 5.73 Å². The lowest BCUT2D eigenvalue weighted by Gasteiger charge is -2.10. The molecule has 0 saturated carbocycles. The van der Waals surface area contributed by atoms with E-state index in [1.54, 1.807) is 18.2 Å². The van der Waals surface area contributed by atoms with Gasteiger partial charge in [0.05, 0.1) is 5.69 Å². The van der Waals surface area contributed by atoms with Gasteiger partial charge in [-0.25, -0.2) is 13.8 Å². The molecule has 23 heavy (non-hydrogen) atoms. The summed E-state index contributed by atoms with van der Waals surface area (Å²) in [6, 6.07) is 16.5. The molecule has 0 bridgehead atoms. The van der Waals surface area contributed by atoms with Crippen LogP contribution in [-0.4, -0.2) is 4.98 Å². The Bertz CT molecular complexity index is 831. The van der Waals surface area contributed by atoms with Crippen molar-refractivity contribution in [3.63, 3.8) is 0 Å². The molecule has 2 N–H and O–H groups in total. The normalized spacial score (nSPS) is 10.7. The summed E-state index contributed by atoms with van der Waals surface area (Å²) in [7, 11) is 0. The third-order valence-electron chi connectivity index (χ3n) is 3.63. The minimum atomic E-state index is -0.280. The number of nitrogens with zero attached hydrogens (tertiary/aromatic N) is 1. The summed E-state index contributed by atoms with van der Waals surface area (Å²) in [4.78, 5) is 4.38. The average Bonchev–Trinajstić information content (AvgIpc) is 2.50. The van der Waals surface area contributed by atoms with Crippen molar-refractivity contribution >= 4 is 5.82 Å². The number of anilines is 1. The smallest absolute Gasteiger partial charge is 0.123 e. The van der Waals surface area contributed by atoms with E-state index in [9.17, 15) is 8.78 Å². The Labute approximate surface area is 133 Å². The third-order valence-corrected chi connectivity index (χ3v) is 3.63. The summed E-state index contributed by atoms with van der Waals surface area (Å²) in [5.74, 6) is -0.130. The fourth-order valence-electron chi connectivity index (χ4n) is 2.57. The summed E-state index contributed by atoms with van der Waals surface area (Å²) >= 11 is 0. The Morgan fingerprint density at radius 1 is 0.783 bits per heavy atom. The Balaban J connectivity index is 1.91. The first kappa shape index (κ1) is 15.2. The van der Waals surface area contributed by atoms with Crippen LogP contribution in [0.25, 0.3) is 0 Å². The van der Waals surface area contributed by atoms with Crippen LogP contribution >= 0.6 is 0 Å². The molecule has 0 spiro atoms. The topological polar surface area (TPSA) is 38.9 Å². The second kappa shape index (κ2) is 6.57. The number of aromatic nitrogens is 1. The van der Waals surface area contributed by atoms with Crippen LogP contribution in [0.5, 0.6) is 0 Å². The highest BCUT2D eigenvalue weighted by atomic mass is 19.1. The molecule has 2 nitrogen and oxygen atoms in total. The predicted octanol–water partition coefficient (Wildman–Crippen LogP) is 4.12. The standard InChI is InChI=1S/C19H16F2N2/c20-16-5-1-3-13(10-16)9-15-7-8-19(22)23-18(15)12-14-4-2-6-17(21)11-14/h1-8,10-11H,9,12H2,(H2,22,23). The minimum absolute atomic E-state index is 0.266. The molecule has 0 aliphatic heterocycles. The SMILES string of the molecule is Nc1ccc(Cc2cccc(F)c2)c(Cc2cccc(F)c2)n1. The number of hydrogen-bond acceptors (Lipinski definition) is 2. The maximum Gasteiger partial charge on any atom is 0.123 e. The zero-order valence-corrected chi connectivity index (χ0v) is 12.5. The van der Waals surface area contributed by atoms with Gasteiger partial charge in [0.15, 0.2) is 0 Å². The van der Waals surface area contributed by atoms with Gasteiger partial charge in [-0.05, 0) is 53.4 Å². The maximum atomic E-state index is 13.4. The highest BCUT2D eigenvalue weighted by Gasteiger charge is 2.08. The van der Waals surface area contributed by atoms with Crippen LogP contribution in [0, 0.1) is 11.6 Å². The Morgan fingerprint density at radius 3 is 2.00 bits per heavy atom. The first-order chi connectivity index (χ1) is 11.1. The third kappa shape index (κ3) is 3.92. The zero-order chi connectivity index (χ0) is 16.2. The number of rotatable bonds is 4. The number of halogens is 2. The van der Waals surface area contributed by atoms with E-state index in [1.807, 2.05) is 18.2 Å². The first-order valence-electron chi connectivity index (χ1n) is 7.33. The van der Waals surface area contributed by atoms with Crippen molar-refractivity contribution in [3.8, 4) is 0 Å². The fraction of sp³-hybridized carbons (Fsp3) is 0.105. The quantitative estimate of drug-likeness (QED) is 0.787. The van der Waals surface area contributed by atoms with Crippen LogP contribution < -0.4 is 5.73 Å². The molecular weight excluding hydrogens is 294 g/mol. The van der Waals surface area contributed by atoms with Crippen molar-refractivity contribution in [1.82, 2.24) is 4.98 Å². The molecule has 2 aromatic carbocycles. The van der Waals surface area contributed by atoms with Gasteiger partial charge in [-0.2, -0.15) is 0 Å². The largest absolute Gasteiger partial charge is 0.384 e. The fourth-order valence-corrected chi connectivity index (χ4v) is 2.57. The second-order valence-corrected chi connectivity index (χ2v) is 5.46. The van der Waals surface area contributed by atoms with Crippen LogP contribution in [-0.2, 0) is 12.8 Å². The average molecular weight is 310 g/mol. The van der Waals surface area contributed by atoms with E-state index in [2.05, 4.69) is 4.98 Å². The zero-order valence-electron chi connectivity index (χ0n) is 12.5. The van der Waals surface area contributed by atoms with Crippen molar-refractivity contribution in [2.24, 2.45) is 0 Å². The molecule has 4 heteroatoms. The van der Waals surface area contributed by atoms with E-state index in [0.29, 0.717) is 18.7 Å². The summed E-state index contributed by atoms with van der Waals surface area (Å²) in [5.41, 5.74) is 9.20. The Kier molecular flexibility index (Phi) is 4.33. The number of hydrogen-bond donors (Lipinski definition) is 1. The van der Waals surface area contributed by atoms with Crippen molar-refractivity contribution in [2.75, 3.05) is 5.73 Å². The van der Waals surface area contributed by atoms with Crippen LogP contribution in [0.15, 0.2) is 60.7 Å². The van der Waals surface area contributed by atoms with Crippen molar-refractivity contribution in [3.05, 3.63) is 94.7 Å². The molecule has 0 amide bonds. The van der Waals surface area contributed by atoms with Crippen molar-refractivity contribution in [1.29, 1.82) is 0 Å². The van der Waals surface area contributed by atoms with E-state index >= 15 is 0 Å². The first-order valence-corrected chi connectivity index (χ1v) is 7.33. The monoisotopic (exact) mass is 310 g/mol. The van der Waals surface area contributed by atoms with E-state index in [1.165, 1.54) is 24.3 Å². The Hall–Kier alpha value is -2.75. The molecule has 0 aliphatic rings. The molecule has 0 aliphatic carbocycles. The number of benzene rings is 2. The van der Waals surface area contributed by atoms with Crippen molar-refractivity contribution in [2.45, 2.75) is 12.8 Å². The molecule has 1 aromatic heterocycles. The number of nitrogens with two attached hydrogens (primary N) is 1. The summed E-state index contributed by atoms with van der Waals surface area (Å²) in [6.07, 6.45) is 1.03. The van der Waals surface area contributed by atoms with E-state index < -0.39 is 0 Å². The van der Waals surface area contributed by atoms with Gasteiger partial charge in [-0.15, -0.1) is 0 Å². The lowest BCUT2D eigenvalue weighted by atomic mass is 9.99. The van der Waals surface area contributed by atoms with Crippen LogP contribution in [0.2, 0.25) is 0 Å². The van der Waals surface area contributed by atoms with Gasteiger partial charge in [0.2, 0.25) is 0 Å². The van der Waals surface area contributed by atoms with E-state index in [-0.39, 0.29) is 11.6 Å². The van der Waals surface area contributed by atoms with Gasteiger partial charge in [0, 0.05) is 6.42 Å². The lowest BCUT2D eigenvalue weighted by molar-refractivity contribution is 0.625. The van der Waals surface area contributed by atoms with Crippen LogP contribution in [0.3, 0.4) is 0 Å². The molecule has 116 valence electrons. The van der Waals surface area contributed by atoms with Gasteiger partial charge < -0.3 is 5.73 Å². The van der Waals surface area contributed by atoms with Gasteiger partial charge in [-0.1, -0.05) is 30.3 Å². The van der Waals surface area contributed by atoms with Gasteiger partial charge >= 0.3 is 0 Å². The van der Waals surface area contributed by atoms with Gasteiger partial charge in [-0.3, -0.25) is 0 Å².